The van der Waals surface area contributed by atoms with Crippen LogP contribution in [0.3, 0.4) is 0 Å². The van der Waals surface area contributed by atoms with E-state index < -0.39 is 0 Å². The number of thiophene rings is 1. The summed E-state index contributed by atoms with van der Waals surface area (Å²) in [6.45, 7) is 5.24. The van der Waals surface area contributed by atoms with E-state index in [1.807, 2.05) is 22.7 Å². The van der Waals surface area contributed by atoms with Gasteiger partial charge in [0.25, 0.3) is 5.91 Å². The summed E-state index contributed by atoms with van der Waals surface area (Å²) in [5.41, 5.74) is 7.16. The molecular formula is C23H28N4O2S. The molecule has 1 aromatic heterocycles. The predicted molar refractivity (Wildman–Crippen MR) is 119 cm³/mol. The number of aryl methyl sites for hydroxylation is 2. The zero-order valence-electron chi connectivity index (χ0n) is 17.4. The molecule has 3 heterocycles. The van der Waals surface area contributed by atoms with Crippen LogP contribution >= 0.6 is 11.3 Å². The molecule has 4 rings (SSSR count). The second kappa shape index (κ2) is 9.02. The SMILES string of the molecule is Cc1ccc(C2CC3C(=O)N(CCC(=O)NCCc4cccs4)C=CN3N2)cc1C. The Balaban J connectivity index is 1.27. The Bertz CT molecular complexity index is 941. The van der Waals surface area contributed by atoms with E-state index in [0.717, 1.165) is 12.8 Å². The first-order valence-electron chi connectivity index (χ1n) is 10.4. The van der Waals surface area contributed by atoms with Gasteiger partial charge in [-0.2, -0.15) is 0 Å². The summed E-state index contributed by atoms with van der Waals surface area (Å²) in [5.74, 6) is 0.0236. The van der Waals surface area contributed by atoms with Crippen LogP contribution in [-0.2, 0) is 16.0 Å². The summed E-state index contributed by atoms with van der Waals surface area (Å²) in [5, 5.41) is 6.88. The summed E-state index contributed by atoms with van der Waals surface area (Å²) < 4.78 is 0. The van der Waals surface area contributed by atoms with Crippen molar-refractivity contribution in [1.29, 1.82) is 0 Å². The topological polar surface area (TPSA) is 64.7 Å². The third-order valence-corrected chi connectivity index (χ3v) is 6.80. The third-order valence-electron chi connectivity index (χ3n) is 5.86. The Labute approximate surface area is 181 Å². The van der Waals surface area contributed by atoms with Crippen molar-refractivity contribution < 1.29 is 9.59 Å². The highest BCUT2D eigenvalue weighted by atomic mass is 32.1. The van der Waals surface area contributed by atoms with Crippen LogP contribution in [0.2, 0.25) is 0 Å². The molecule has 1 aromatic carbocycles. The lowest BCUT2D eigenvalue weighted by molar-refractivity contribution is -0.134. The summed E-state index contributed by atoms with van der Waals surface area (Å²) in [4.78, 5) is 28.0. The molecular weight excluding hydrogens is 396 g/mol. The van der Waals surface area contributed by atoms with Crippen molar-refractivity contribution in [3.63, 3.8) is 0 Å². The number of hydrazine groups is 1. The standard InChI is InChI=1S/C23H28N4O2S/c1-16-5-6-18(14-17(16)2)20-15-21-23(29)26(11-12-27(21)25-20)10-8-22(28)24-9-7-19-4-3-13-30-19/h3-6,11-14,20-21,25H,7-10,15H2,1-2H3,(H,24,28). The van der Waals surface area contributed by atoms with Crippen LogP contribution in [0.15, 0.2) is 48.1 Å². The number of hydrogen-bond donors (Lipinski definition) is 2. The molecule has 2 aliphatic rings. The van der Waals surface area contributed by atoms with E-state index in [4.69, 9.17) is 0 Å². The first-order chi connectivity index (χ1) is 14.5. The van der Waals surface area contributed by atoms with E-state index >= 15 is 0 Å². The second-order valence-electron chi connectivity index (χ2n) is 7.94. The van der Waals surface area contributed by atoms with Gasteiger partial charge in [-0.3, -0.25) is 9.59 Å². The van der Waals surface area contributed by atoms with E-state index in [-0.39, 0.29) is 23.9 Å². The van der Waals surface area contributed by atoms with Crippen LogP contribution in [0, 0.1) is 13.8 Å². The molecule has 0 spiro atoms. The summed E-state index contributed by atoms with van der Waals surface area (Å²) in [6, 6.07) is 10.4. The number of benzene rings is 1. The Morgan fingerprint density at radius 1 is 1.23 bits per heavy atom. The van der Waals surface area contributed by atoms with Crippen molar-refractivity contribution in [3.8, 4) is 0 Å². The first-order valence-corrected chi connectivity index (χ1v) is 11.3. The smallest absolute Gasteiger partial charge is 0.250 e. The highest BCUT2D eigenvalue weighted by molar-refractivity contribution is 7.09. The molecule has 2 aromatic rings. The van der Waals surface area contributed by atoms with Gasteiger partial charge in [-0.15, -0.1) is 11.3 Å². The van der Waals surface area contributed by atoms with Crippen molar-refractivity contribution in [2.24, 2.45) is 0 Å². The molecule has 1 saturated heterocycles. The molecule has 2 N–H and O–H groups in total. The first kappa shape index (κ1) is 20.6. The zero-order valence-corrected chi connectivity index (χ0v) is 18.2. The molecule has 0 radical (unpaired) electrons. The van der Waals surface area contributed by atoms with Gasteiger partial charge in [-0.1, -0.05) is 24.3 Å². The largest absolute Gasteiger partial charge is 0.356 e. The molecule has 2 atom stereocenters. The van der Waals surface area contributed by atoms with Crippen molar-refractivity contribution in [1.82, 2.24) is 20.7 Å². The van der Waals surface area contributed by atoms with Crippen LogP contribution in [0.5, 0.6) is 0 Å². The number of carbonyl (C=O) groups excluding carboxylic acids is 2. The number of amides is 2. The van der Waals surface area contributed by atoms with Gasteiger partial charge in [0.1, 0.15) is 6.04 Å². The number of fused-ring (bicyclic) bond motifs is 1. The molecule has 7 heteroatoms. The maximum absolute atomic E-state index is 12.9. The molecule has 0 saturated carbocycles. The van der Waals surface area contributed by atoms with Gasteiger partial charge in [0, 0.05) is 36.8 Å². The lowest BCUT2D eigenvalue weighted by atomic mass is 9.97. The van der Waals surface area contributed by atoms with E-state index in [1.54, 1.807) is 22.4 Å². The van der Waals surface area contributed by atoms with Gasteiger partial charge in [0.2, 0.25) is 5.91 Å². The van der Waals surface area contributed by atoms with Crippen LogP contribution < -0.4 is 10.7 Å². The molecule has 30 heavy (non-hydrogen) atoms. The lowest BCUT2D eigenvalue weighted by Crippen LogP contribution is -2.48. The highest BCUT2D eigenvalue weighted by Crippen LogP contribution is 2.31. The predicted octanol–water partition coefficient (Wildman–Crippen LogP) is 3.05. The van der Waals surface area contributed by atoms with Crippen LogP contribution in [-0.4, -0.2) is 40.9 Å². The van der Waals surface area contributed by atoms with Crippen molar-refractivity contribution in [2.45, 2.75) is 45.2 Å². The number of rotatable bonds is 7. The fourth-order valence-electron chi connectivity index (χ4n) is 3.91. The van der Waals surface area contributed by atoms with Crippen LogP contribution in [0.25, 0.3) is 0 Å². The van der Waals surface area contributed by atoms with E-state index in [1.165, 1.54) is 21.6 Å². The lowest BCUT2D eigenvalue weighted by Gasteiger charge is -2.31. The Kier molecular flexibility index (Phi) is 6.20. The van der Waals surface area contributed by atoms with Crippen LogP contribution in [0.4, 0.5) is 0 Å². The average Bonchev–Trinajstić information content (AvgIpc) is 3.40. The van der Waals surface area contributed by atoms with Gasteiger partial charge in [-0.05, 0) is 54.8 Å². The fourth-order valence-corrected chi connectivity index (χ4v) is 4.62. The number of hydrogen-bond acceptors (Lipinski definition) is 5. The molecule has 2 aliphatic heterocycles. The fraction of sp³-hybridized carbons (Fsp3) is 0.391. The molecule has 1 fully saturated rings. The monoisotopic (exact) mass is 424 g/mol. The minimum Gasteiger partial charge on any atom is -0.356 e. The number of carbonyl (C=O) groups is 2. The third kappa shape index (κ3) is 4.57. The number of nitrogens with one attached hydrogen (secondary N) is 2. The normalized spacial score (nSPS) is 20.5. The van der Waals surface area contributed by atoms with Gasteiger partial charge < -0.3 is 15.2 Å². The zero-order chi connectivity index (χ0) is 21.1. The number of nitrogens with zero attached hydrogens (tertiary/aromatic N) is 2. The van der Waals surface area contributed by atoms with E-state index in [2.05, 4.69) is 48.9 Å². The van der Waals surface area contributed by atoms with E-state index in [9.17, 15) is 9.59 Å². The molecule has 2 unspecified atom stereocenters. The van der Waals surface area contributed by atoms with Gasteiger partial charge >= 0.3 is 0 Å². The Morgan fingerprint density at radius 3 is 2.87 bits per heavy atom. The highest BCUT2D eigenvalue weighted by Gasteiger charge is 2.39. The van der Waals surface area contributed by atoms with Crippen molar-refractivity contribution in [3.05, 3.63) is 69.7 Å². The van der Waals surface area contributed by atoms with E-state index in [0.29, 0.717) is 19.5 Å². The minimum absolute atomic E-state index is 0.0206. The van der Waals surface area contributed by atoms with Gasteiger partial charge in [0.15, 0.2) is 0 Å². The molecule has 158 valence electrons. The maximum atomic E-state index is 12.9. The Morgan fingerprint density at radius 2 is 2.10 bits per heavy atom. The van der Waals surface area contributed by atoms with Crippen LogP contribution in [0.1, 0.15) is 40.5 Å². The minimum atomic E-state index is -0.233. The molecule has 6 nitrogen and oxygen atoms in total. The van der Waals surface area contributed by atoms with Crippen molar-refractivity contribution in [2.75, 3.05) is 13.1 Å². The maximum Gasteiger partial charge on any atom is 0.250 e. The quantitative estimate of drug-likeness (QED) is 0.717. The van der Waals surface area contributed by atoms with Gasteiger partial charge in [0.05, 0.1) is 6.04 Å². The average molecular weight is 425 g/mol. The summed E-state index contributed by atoms with van der Waals surface area (Å²) in [6.07, 6.45) is 5.54. The molecule has 0 aliphatic carbocycles. The molecule has 0 bridgehead atoms. The van der Waals surface area contributed by atoms with Gasteiger partial charge in [-0.25, -0.2) is 5.43 Å². The summed E-state index contributed by atoms with van der Waals surface area (Å²) >= 11 is 1.70. The second-order valence-corrected chi connectivity index (χ2v) is 8.98. The Hall–Kier alpha value is -2.64. The molecule has 2 amide bonds. The summed E-state index contributed by atoms with van der Waals surface area (Å²) in [7, 11) is 0. The van der Waals surface area contributed by atoms with Crippen molar-refractivity contribution >= 4 is 23.2 Å².